The lowest BCUT2D eigenvalue weighted by molar-refractivity contribution is -0.132. The highest BCUT2D eigenvalue weighted by Gasteiger charge is 2.49. The first-order valence-corrected chi connectivity index (χ1v) is 7.46. The Hall–Kier alpha value is -1.46. The number of rotatable bonds is 5. The summed E-state index contributed by atoms with van der Waals surface area (Å²) in [5.41, 5.74) is 6.51. The number of nitrogens with two attached hydrogens (primary N) is 1. The SMILES string of the molecule is COC1CC(NC(=O)C(C(N)=S)c2ccccc2)C1(C)C. The smallest absolute Gasteiger partial charge is 0.234 e. The molecule has 1 aromatic rings. The van der Waals surface area contributed by atoms with Crippen molar-refractivity contribution < 1.29 is 9.53 Å². The molecule has 0 spiro atoms. The van der Waals surface area contributed by atoms with E-state index in [1.54, 1.807) is 7.11 Å². The third-order valence-corrected chi connectivity index (χ3v) is 4.69. The van der Waals surface area contributed by atoms with Gasteiger partial charge in [-0.25, -0.2) is 0 Å². The number of ether oxygens (including phenoxy) is 1. The zero-order valence-electron chi connectivity index (χ0n) is 12.6. The van der Waals surface area contributed by atoms with Crippen molar-refractivity contribution in [2.45, 2.75) is 38.3 Å². The number of hydrogen-bond donors (Lipinski definition) is 2. The van der Waals surface area contributed by atoms with Crippen LogP contribution in [0.2, 0.25) is 0 Å². The van der Waals surface area contributed by atoms with Crippen LogP contribution < -0.4 is 11.1 Å². The fraction of sp³-hybridized carbons (Fsp3) is 0.500. The molecule has 0 aliphatic heterocycles. The van der Waals surface area contributed by atoms with Crippen molar-refractivity contribution in [2.75, 3.05) is 7.11 Å². The van der Waals surface area contributed by atoms with Crippen LogP contribution >= 0.6 is 12.2 Å². The van der Waals surface area contributed by atoms with Gasteiger partial charge in [-0.3, -0.25) is 4.79 Å². The molecule has 4 nitrogen and oxygen atoms in total. The van der Waals surface area contributed by atoms with Gasteiger partial charge in [0.05, 0.1) is 11.1 Å². The molecule has 3 atom stereocenters. The number of nitrogens with one attached hydrogen (secondary N) is 1. The number of methoxy groups -OCH3 is 1. The molecular weight excluding hydrogens is 284 g/mol. The van der Waals surface area contributed by atoms with Gasteiger partial charge in [-0.2, -0.15) is 0 Å². The Bertz CT molecular complexity index is 530. The second-order valence-electron chi connectivity index (χ2n) is 6.09. The lowest BCUT2D eigenvalue weighted by Gasteiger charge is -2.51. The number of carbonyl (C=O) groups is 1. The number of carbonyl (C=O) groups excluding carboxylic acids is 1. The molecule has 0 bridgehead atoms. The van der Waals surface area contributed by atoms with E-state index in [1.807, 2.05) is 30.3 Å². The average molecular weight is 306 g/mol. The predicted octanol–water partition coefficient (Wildman–Crippen LogP) is 1.99. The van der Waals surface area contributed by atoms with Crippen molar-refractivity contribution in [3.8, 4) is 0 Å². The van der Waals surface area contributed by atoms with Gasteiger partial charge in [-0.15, -0.1) is 0 Å². The van der Waals surface area contributed by atoms with Crippen molar-refractivity contribution in [1.29, 1.82) is 0 Å². The number of benzene rings is 1. The molecule has 114 valence electrons. The number of thiocarbonyl (C=S) groups is 1. The molecule has 3 N–H and O–H groups in total. The second kappa shape index (κ2) is 6.12. The molecule has 1 aromatic carbocycles. The van der Waals surface area contributed by atoms with E-state index in [1.165, 1.54) is 0 Å². The van der Waals surface area contributed by atoms with Gasteiger partial charge in [0.15, 0.2) is 0 Å². The van der Waals surface area contributed by atoms with Crippen molar-refractivity contribution in [3.63, 3.8) is 0 Å². The van der Waals surface area contributed by atoms with Crippen LogP contribution in [0, 0.1) is 5.41 Å². The summed E-state index contributed by atoms with van der Waals surface area (Å²) in [6.45, 7) is 4.18. The molecule has 1 saturated carbocycles. The Morgan fingerprint density at radius 2 is 2.05 bits per heavy atom. The summed E-state index contributed by atoms with van der Waals surface area (Å²) >= 11 is 5.08. The third kappa shape index (κ3) is 3.09. The van der Waals surface area contributed by atoms with Crippen molar-refractivity contribution in [3.05, 3.63) is 35.9 Å². The van der Waals surface area contributed by atoms with Gasteiger partial charge < -0.3 is 15.8 Å². The van der Waals surface area contributed by atoms with Gasteiger partial charge in [0, 0.05) is 18.6 Å². The monoisotopic (exact) mass is 306 g/mol. The molecule has 1 aliphatic carbocycles. The molecule has 1 amide bonds. The molecule has 21 heavy (non-hydrogen) atoms. The van der Waals surface area contributed by atoms with E-state index in [-0.39, 0.29) is 28.5 Å². The molecule has 1 fully saturated rings. The number of hydrogen-bond acceptors (Lipinski definition) is 3. The maximum absolute atomic E-state index is 12.6. The van der Waals surface area contributed by atoms with Crippen molar-refractivity contribution in [1.82, 2.24) is 5.32 Å². The van der Waals surface area contributed by atoms with E-state index in [9.17, 15) is 4.79 Å². The molecule has 3 unspecified atom stereocenters. The van der Waals surface area contributed by atoms with Gasteiger partial charge in [0.1, 0.15) is 5.92 Å². The number of amides is 1. The zero-order chi connectivity index (χ0) is 15.6. The Labute approximate surface area is 131 Å². The topological polar surface area (TPSA) is 64.3 Å². The molecule has 0 saturated heterocycles. The molecule has 0 heterocycles. The van der Waals surface area contributed by atoms with Crippen molar-refractivity contribution in [2.24, 2.45) is 11.1 Å². The van der Waals surface area contributed by atoms with Crippen LogP contribution in [0.4, 0.5) is 0 Å². The fourth-order valence-electron chi connectivity index (χ4n) is 2.88. The van der Waals surface area contributed by atoms with E-state index in [0.717, 1.165) is 12.0 Å². The van der Waals surface area contributed by atoms with Gasteiger partial charge in [-0.1, -0.05) is 56.4 Å². The molecule has 1 aliphatic rings. The summed E-state index contributed by atoms with van der Waals surface area (Å²) in [4.78, 5) is 12.7. The van der Waals surface area contributed by atoms with Crippen LogP contribution in [0.15, 0.2) is 30.3 Å². The van der Waals surface area contributed by atoms with Gasteiger partial charge >= 0.3 is 0 Å². The Kier molecular flexibility index (Phi) is 4.64. The minimum atomic E-state index is -0.585. The zero-order valence-corrected chi connectivity index (χ0v) is 13.4. The maximum Gasteiger partial charge on any atom is 0.234 e. The third-order valence-electron chi connectivity index (χ3n) is 4.46. The predicted molar refractivity (Wildman–Crippen MR) is 87.1 cm³/mol. The lowest BCUT2D eigenvalue weighted by atomic mass is 9.64. The lowest BCUT2D eigenvalue weighted by Crippen LogP contribution is -2.62. The summed E-state index contributed by atoms with van der Waals surface area (Å²) in [5, 5.41) is 3.06. The first-order chi connectivity index (χ1) is 9.87. The Balaban J connectivity index is 2.10. The minimum Gasteiger partial charge on any atom is -0.392 e. The van der Waals surface area contributed by atoms with E-state index >= 15 is 0 Å². The first-order valence-electron chi connectivity index (χ1n) is 7.05. The van der Waals surface area contributed by atoms with Gasteiger partial charge in [0.25, 0.3) is 0 Å². The van der Waals surface area contributed by atoms with Gasteiger partial charge in [0.2, 0.25) is 5.91 Å². The summed E-state index contributed by atoms with van der Waals surface area (Å²) < 4.78 is 5.40. The molecule has 0 aromatic heterocycles. The highest BCUT2D eigenvalue weighted by atomic mass is 32.1. The van der Waals surface area contributed by atoms with Gasteiger partial charge in [-0.05, 0) is 12.0 Å². The molecular formula is C16H22N2O2S. The normalized spacial score (nSPS) is 24.7. The largest absolute Gasteiger partial charge is 0.392 e. The fourth-order valence-corrected chi connectivity index (χ4v) is 3.12. The summed E-state index contributed by atoms with van der Waals surface area (Å²) in [6.07, 6.45) is 0.983. The Morgan fingerprint density at radius 1 is 1.43 bits per heavy atom. The molecule has 2 rings (SSSR count). The van der Waals surface area contributed by atoms with Crippen LogP contribution in [-0.4, -0.2) is 30.2 Å². The van der Waals surface area contributed by atoms with Crippen LogP contribution in [0.3, 0.4) is 0 Å². The van der Waals surface area contributed by atoms with Crippen LogP contribution in [0.1, 0.15) is 31.7 Å². The van der Waals surface area contributed by atoms with Crippen molar-refractivity contribution >= 4 is 23.1 Å². The van der Waals surface area contributed by atoms with Crippen LogP contribution in [-0.2, 0) is 9.53 Å². The highest BCUT2D eigenvalue weighted by Crippen LogP contribution is 2.42. The Morgan fingerprint density at radius 3 is 2.52 bits per heavy atom. The molecule has 5 heteroatoms. The van der Waals surface area contributed by atoms with Crippen LogP contribution in [0.25, 0.3) is 0 Å². The van der Waals surface area contributed by atoms with E-state index in [2.05, 4.69) is 19.2 Å². The van der Waals surface area contributed by atoms with E-state index in [0.29, 0.717) is 0 Å². The summed E-state index contributed by atoms with van der Waals surface area (Å²) in [5.74, 6) is -0.722. The molecule has 0 radical (unpaired) electrons. The highest BCUT2D eigenvalue weighted by molar-refractivity contribution is 7.80. The summed E-state index contributed by atoms with van der Waals surface area (Å²) in [7, 11) is 1.70. The maximum atomic E-state index is 12.6. The standard InChI is InChI=1S/C16H22N2O2S/c1-16(2)11(9-12(16)20-3)18-15(19)13(14(17)21)10-7-5-4-6-8-10/h4-8,11-13H,9H2,1-3H3,(H2,17,21)(H,18,19). The quantitative estimate of drug-likeness (QED) is 0.817. The second-order valence-corrected chi connectivity index (χ2v) is 6.56. The van der Waals surface area contributed by atoms with Crippen LogP contribution in [0.5, 0.6) is 0 Å². The average Bonchev–Trinajstić information content (AvgIpc) is 2.44. The first kappa shape index (κ1) is 15.9. The van der Waals surface area contributed by atoms with E-state index in [4.69, 9.17) is 22.7 Å². The minimum absolute atomic E-state index is 0.0792. The van der Waals surface area contributed by atoms with E-state index < -0.39 is 5.92 Å². The summed E-state index contributed by atoms with van der Waals surface area (Å²) in [6, 6.07) is 9.47.